The van der Waals surface area contributed by atoms with Crippen molar-refractivity contribution >= 4 is 11.8 Å². The highest BCUT2D eigenvalue weighted by atomic mass is 32.2. The first kappa shape index (κ1) is 15.5. The molecule has 1 aromatic carbocycles. The van der Waals surface area contributed by atoms with Gasteiger partial charge in [-0.3, -0.25) is 0 Å². The molecule has 18 heavy (non-hydrogen) atoms. The quantitative estimate of drug-likeness (QED) is 0.535. The third kappa shape index (κ3) is 5.84. The molecule has 1 rings (SSSR count). The topological polar surface area (TPSA) is 86.7 Å². The number of aliphatic hydroxyl groups excluding tert-OH is 3. The van der Waals surface area contributed by atoms with Crippen LogP contribution in [0.4, 0.5) is 0 Å². The lowest BCUT2D eigenvalue weighted by molar-refractivity contribution is 0.113. The smallest absolute Gasteiger partial charge is 0.0861 e. The summed E-state index contributed by atoms with van der Waals surface area (Å²) in [6, 6.07) is 9.48. The third-order valence-corrected chi connectivity index (χ3v) is 3.82. The molecule has 0 amide bonds. The van der Waals surface area contributed by atoms with Gasteiger partial charge in [-0.15, -0.1) is 0 Å². The van der Waals surface area contributed by atoms with E-state index < -0.39 is 12.2 Å². The van der Waals surface area contributed by atoms with E-state index in [2.05, 4.69) is 0 Å². The Morgan fingerprint density at radius 2 is 1.78 bits per heavy atom. The first-order valence-corrected chi connectivity index (χ1v) is 7.13. The zero-order chi connectivity index (χ0) is 13.4. The number of hydrogen-bond acceptors (Lipinski definition) is 5. The summed E-state index contributed by atoms with van der Waals surface area (Å²) in [6.07, 6.45) is -0.709. The minimum absolute atomic E-state index is 0.251. The predicted octanol–water partition coefficient (Wildman–Crippen LogP) is 0.00370. The largest absolute Gasteiger partial charge is 0.394 e. The Labute approximate surface area is 112 Å². The van der Waals surface area contributed by atoms with Gasteiger partial charge in [0.05, 0.1) is 18.8 Å². The molecule has 3 unspecified atom stereocenters. The molecule has 5 N–H and O–H groups in total. The fourth-order valence-corrected chi connectivity index (χ4v) is 2.53. The second-order valence-corrected chi connectivity index (χ2v) is 5.37. The Bertz CT molecular complexity index is 323. The average molecular weight is 271 g/mol. The van der Waals surface area contributed by atoms with Gasteiger partial charge >= 0.3 is 0 Å². The van der Waals surface area contributed by atoms with Gasteiger partial charge in [-0.2, -0.15) is 11.8 Å². The Balaban J connectivity index is 2.26. The number of aliphatic hydroxyl groups is 3. The molecule has 0 fully saturated rings. The maximum Gasteiger partial charge on any atom is 0.0861 e. The molecule has 0 bridgehead atoms. The minimum Gasteiger partial charge on any atom is -0.394 e. The van der Waals surface area contributed by atoms with Crippen molar-refractivity contribution < 1.29 is 15.3 Å². The fourth-order valence-electron chi connectivity index (χ4n) is 1.52. The van der Waals surface area contributed by atoms with Crippen LogP contribution >= 0.6 is 11.8 Å². The van der Waals surface area contributed by atoms with E-state index in [0.717, 1.165) is 5.56 Å². The monoisotopic (exact) mass is 271 g/mol. The van der Waals surface area contributed by atoms with Crippen molar-refractivity contribution in [3.8, 4) is 0 Å². The van der Waals surface area contributed by atoms with Crippen molar-refractivity contribution in [3.63, 3.8) is 0 Å². The molecule has 0 saturated heterocycles. The standard InChI is InChI=1S/C13H21NO3S/c14-12(6-10-4-2-1-3-5-10)13(17)9-18-8-11(16)7-15/h1-5,11-13,15-17H,6-9,14H2. The van der Waals surface area contributed by atoms with Crippen LogP contribution in [0.5, 0.6) is 0 Å². The second kappa shape index (κ2) is 8.50. The molecule has 102 valence electrons. The molecule has 4 nitrogen and oxygen atoms in total. The van der Waals surface area contributed by atoms with E-state index in [1.54, 1.807) is 0 Å². The summed E-state index contributed by atoms with van der Waals surface area (Å²) in [5.74, 6) is 0.872. The van der Waals surface area contributed by atoms with Gasteiger partial charge in [-0.1, -0.05) is 30.3 Å². The number of nitrogens with two attached hydrogens (primary N) is 1. The average Bonchev–Trinajstić information content (AvgIpc) is 2.39. The summed E-state index contributed by atoms with van der Waals surface area (Å²) in [4.78, 5) is 0. The SMILES string of the molecule is NC(Cc1ccccc1)C(O)CSCC(O)CO. The van der Waals surface area contributed by atoms with Gasteiger partial charge in [0.25, 0.3) is 0 Å². The van der Waals surface area contributed by atoms with Crippen LogP contribution in [-0.2, 0) is 6.42 Å². The summed E-state index contributed by atoms with van der Waals surface area (Å²) in [6.45, 7) is -0.251. The van der Waals surface area contributed by atoms with Crippen molar-refractivity contribution in [2.24, 2.45) is 5.73 Å². The third-order valence-electron chi connectivity index (χ3n) is 2.62. The first-order chi connectivity index (χ1) is 8.63. The molecule has 0 aliphatic rings. The number of thioether (sulfide) groups is 1. The highest BCUT2D eigenvalue weighted by Crippen LogP contribution is 2.10. The summed E-state index contributed by atoms with van der Waals surface area (Å²) in [7, 11) is 0. The normalized spacial score (nSPS) is 16.2. The lowest BCUT2D eigenvalue weighted by Crippen LogP contribution is -2.38. The van der Waals surface area contributed by atoms with Crippen LogP contribution in [0.1, 0.15) is 5.56 Å². The van der Waals surface area contributed by atoms with Crippen LogP contribution in [0.2, 0.25) is 0 Å². The van der Waals surface area contributed by atoms with Gasteiger partial charge in [-0.25, -0.2) is 0 Å². The maximum atomic E-state index is 9.87. The molecule has 0 saturated carbocycles. The predicted molar refractivity (Wildman–Crippen MR) is 74.5 cm³/mol. The first-order valence-electron chi connectivity index (χ1n) is 5.97. The van der Waals surface area contributed by atoms with Gasteiger partial charge in [0.2, 0.25) is 0 Å². The van der Waals surface area contributed by atoms with Crippen molar-refractivity contribution in [2.75, 3.05) is 18.1 Å². The summed E-state index contributed by atoms with van der Waals surface area (Å²) in [5, 5.41) is 27.7. The molecule has 0 radical (unpaired) electrons. The highest BCUT2D eigenvalue weighted by molar-refractivity contribution is 7.99. The van der Waals surface area contributed by atoms with Gasteiger partial charge in [0, 0.05) is 17.5 Å². The number of benzene rings is 1. The zero-order valence-corrected chi connectivity index (χ0v) is 11.1. The molecular formula is C13H21NO3S. The second-order valence-electron chi connectivity index (χ2n) is 4.29. The molecule has 0 heterocycles. The molecule has 0 aliphatic carbocycles. The molecule has 0 aliphatic heterocycles. The maximum absolute atomic E-state index is 9.87. The van der Waals surface area contributed by atoms with Gasteiger partial charge in [0.1, 0.15) is 0 Å². The van der Waals surface area contributed by atoms with Crippen LogP contribution < -0.4 is 5.73 Å². The van der Waals surface area contributed by atoms with Gasteiger partial charge in [0.15, 0.2) is 0 Å². The van der Waals surface area contributed by atoms with E-state index in [1.165, 1.54) is 11.8 Å². The van der Waals surface area contributed by atoms with E-state index in [9.17, 15) is 5.11 Å². The number of hydrogen-bond donors (Lipinski definition) is 4. The zero-order valence-electron chi connectivity index (χ0n) is 10.3. The van der Waals surface area contributed by atoms with E-state index >= 15 is 0 Å². The molecule has 1 aromatic rings. The Morgan fingerprint density at radius 3 is 2.39 bits per heavy atom. The van der Waals surface area contributed by atoms with Gasteiger partial charge < -0.3 is 21.1 Å². The van der Waals surface area contributed by atoms with Crippen molar-refractivity contribution in [1.82, 2.24) is 0 Å². The molecular weight excluding hydrogens is 250 g/mol. The van der Waals surface area contributed by atoms with Crippen LogP contribution in [0.15, 0.2) is 30.3 Å². The minimum atomic E-state index is -0.729. The Kier molecular flexibility index (Phi) is 7.31. The van der Waals surface area contributed by atoms with Crippen LogP contribution in [-0.4, -0.2) is 51.7 Å². The summed E-state index contributed by atoms with van der Waals surface area (Å²) >= 11 is 1.39. The molecule has 0 spiro atoms. The fraction of sp³-hybridized carbons (Fsp3) is 0.538. The molecule has 0 aromatic heterocycles. The van der Waals surface area contributed by atoms with Crippen LogP contribution in [0, 0.1) is 0 Å². The van der Waals surface area contributed by atoms with Crippen molar-refractivity contribution in [3.05, 3.63) is 35.9 Å². The van der Waals surface area contributed by atoms with E-state index in [4.69, 9.17) is 15.9 Å². The molecule has 3 atom stereocenters. The summed E-state index contributed by atoms with van der Waals surface area (Å²) in [5.41, 5.74) is 7.02. The summed E-state index contributed by atoms with van der Waals surface area (Å²) < 4.78 is 0. The Morgan fingerprint density at radius 1 is 1.11 bits per heavy atom. The van der Waals surface area contributed by atoms with Crippen molar-refractivity contribution in [2.45, 2.75) is 24.7 Å². The van der Waals surface area contributed by atoms with Crippen LogP contribution in [0.3, 0.4) is 0 Å². The lowest BCUT2D eigenvalue weighted by Gasteiger charge is -2.19. The van der Waals surface area contributed by atoms with Gasteiger partial charge in [-0.05, 0) is 12.0 Å². The number of rotatable bonds is 8. The lowest BCUT2D eigenvalue weighted by atomic mass is 10.0. The van der Waals surface area contributed by atoms with E-state index in [1.807, 2.05) is 30.3 Å². The Hall–Kier alpha value is -0.590. The van der Waals surface area contributed by atoms with Crippen LogP contribution in [0.25, 0.3) is 0 Å². The van der Waals surface area contributed by atoms with E-state index in [0.29, 0.717) is 17.9 Å². The van der Waals surface area contributed by atoms with E-state index in [-0.39, 0.29) is 12.6 Å². The molecule has 5 heteroatoms. The van der Waals surface area contributed by atoms with Crippen molar-refractivity contribution in [1.29, 1.82) is 0 Å². The highest BCUT2D eigenvalue weighted by Gasteiger charge is 2.15.